The van der Waals surface area contributed by atoms with Gasteiger partial charge in [0.15, 0.2) is 12.2 Å². The Morgan fingerprint density at radius 3 is 2.72 bits per heavy atom. The highest BCUT2D eigenvalue weighted by atomic mass is 16.6. The molecule has 166 valence electrons. The lowest BCUT2D eigenvalue weighted by Crippen LogP contribution is -2.28. The van der Waals surface area contributed by atoms with Crippen LogP contribution in [0.25, 0.3) is 11.3 Å². The number of urea groups is 1. The first-order valence-electron chi connectivity index (χ1n) is 9.98. The molecule has 1 aliphatic heterocycles. The maximum absolute atomic E-state index is 12.3. The number of hydrogen-bond donors (Lipinski definition) is 4. The Bertz CT molecular complexity index is 1080. The number of carbonyl (C=O) groups excluding carboxylic acids is 2. The van der Waals surface area contributed by atoms with Crippen LogP contribution in [0.4, 0.5) is 21.0 Å². The van der Waals surface area contributed by atoms with E-state index in [9.17, 15) is 14.7 Å². The second kappa shape index (κ2) is 9.84. The van der Waals surface area contributed by atoms with Gasteiger partial charge in [0, 0.05) is 30.4 Å². The van der Waals surface area contributed by atoms with Crippen LogP contribution in [0.3, 0.4) is 0 Å². The van der Waals surface area contributed by atoms with Crippen molar-refractivity contribution in [1.29, 1.82) is 0 Å². The van der Waals surface area contributed by atoms with Gasteiger partial charge in [0.2, 0.25) is 0 Å². The topological polar surface area (TPSA) is 135 Å². The number of alkyl carbamates (subject to hydrolysis) is 1. The lowest BCUT2D eigenvalue weighted by molar-refractivity contribution is 0.0828. The van der Waals surface area contributed by atoms with E-state index in [0.29, 0.717) is 42.3 Å². The molecule has 10 heteroatoms. The van der Waals surface area contributed by atoms with Crippen LogP contribution >= 0.6 is 0 Å². The number of phenolic OH excluding ortho intramolecular Hbond substituents is 1. The van der Waals surface area contributed by atoms with E-state index in [1.807, 2.05) is 6.07 Å². The second-order valence-electron chi connectivity index (χ2n) is 7.12. The zero-order valence-corrected chi connectivity index (χ0v) is 17.0. The number of aromatic hydroxyl groups is 1. The fraction of sp³-hybridized carbons (Fsp3) is 0.227. The number of aromatic nitrogens is 1. The number of oxazole rings is 1. The highest BCUT2D eigenvalue weighted by Gasteiger charge is 2.19. The Labute approximate surface area is 183 Å². The molecule has 2 heterocycles. The summed E-state index contributed by atoms with van der Waals surface area (Å²) in [7, 11) is 0. The van der Waals surface area contributed by atoms with E-state index in [1.165, 1.54) is 18.7 Å². The number of benzene rings is 2. The fourth-order valence-corrected chi connectivity index (χ4v) is 3.19. The Morgan fingerprint density at radius 1 is 1.16 bits per heavy atom. The summed E-state index contributed by atoms with van der Waals surface area (Å²) in [5.74, 6) is 0.369. The molecular weight excluding hydrogens is 416 g/mol. The van der Waals surface area contributed by atoms with Crippen LogP contribution in [0, 0.1) is 0 Å². The molecule has 2 aromatic carbocycles. The first-order chi connectivity index (χ1) is 15.6. The van der Waals surface area contributed by atoms with E-state index in [-0.39, 0.29) is 18.4 Å². The largest absolute Gasteiger partial charge is 0.507 e. The van der Waals surface area contributed by atoms with E-state index >= 15 is 0 Å². The number of nitrogens with zero attached hydrogens (tertiary/aromatic N) is 1. The number of amides is 3. The number of phenols is 1. The summed E-state index contributed by atoms with van der Waals surface area (Å²) < 4.78 is 15.6. The number of anilines is 2. The number of nitrogens with one attached hydrogen (secondary N) is 3. The first kappa shape index (κ1) is 21.2. The van der Waals surface area contributed by atoms with Crippen molar-refractivity contribution >= 4 is 23.5 Å². The highest BCUT2D eigenvalue weighted by molar-refractivity contribution is 6.00. The average Bonchev–Trinajstić information content (AvgIpc) is 3.47. The summed E-state index contributed by atoms with van der Waals surface area (Å²) >= 11 is 0. The molecule has 1 atom stereocenters. The molecule has 1 unspecified atom stereocenters. The maximum atomic E-state index is 12.3. The number of rotatable bonds is 6. The van der Waals surface area contributed by atoms with Crippen LogP contribution in [-0.4, -0.2) is 41.5 Å². The standard InChI is InChI=1S/C22H22N4O6/c27-19-9-16(4-5-18(19)20-11-23-13-31-20)26-21(28)25-15-3-1-2-14(8-15)10-24-22(29)32-17-6-7-30-12-17/h1-5,8-9,11,13,17,27H,6-7,10,12H2,(H,24,29)(H2,25,26,28). The van der Waals surface area contributed by atoms with Gasteiger partial charge in [0.25, 0.3) is 0 Å². The molecule has 0 aliphatic carbocycles. The molecule has 1 aliphatic rings. The molecule has 4 rings (SSSR count). The summed E-state index contributed by atoms with van der Waals surface area (Å²) in [5, 5.41) is 18.2. The zero-order valence-electron chi connectivity index (χ0n) is 17.0. The molecule has 1 aromatic heterocycles. The minimum atomic E-state index is -0.509. The summed E-state index contributed by atoms with van der Waals surface area (Å²) in [5.41, 5.74) is 2.20. The van der Waals surface area contributed by atoms with Gasteiger partial charge < -0.3 is 34.9 Å². The van der Waals surface area contributed by atoms with Gasteiger partial charge in [0.1, 0.15) is 11.9 Å². The molecule has 0 radical (unpaired) electrons. The van der Waals surface area contributed by atoms with Crippen LogP contribution in [-0.2, 0) is 16.0 Å². The van der Waals surface area contributed by atoms with E-state index in [4.69, 9.17) is 13.9 Å². The third-order valence-electron chi connectivity index (χ3n) is 4.74. The third-order valence-corrected chi connectivity index (χ3v) is 4.74. The number of carbonyl (C=O) groups is 2. The molecule has 3 amide bonds. The minimum Gasteiger partial charge on any atom is -0.507 e. The monoisotopic (exact) mass is 438 g/mol. The minimum absolute atomic E-state index is 0.0522. The predicted molar refractivity (Wildman–Crippen MR) is 115 cm³/mol. The van der Waals surface area contributed by atoms with Crippen molar-refractivity contribution in [2.24, 2.45) is 0 Å². The average molecular weight is 438 g/mol. The van der Waals surface area contributed by atoms with Crippen molar-refractivity contribution in [3.8, 4) is 17.1 Å². The van der Waals surface area contributed by atoms with Gasteiger partial charge in [-0.15, -0.1) is 0 Å². The summed E-state index contributed by atoms with van der Waals surface area (Å²) in [4.78, 5) is 28.0. The number of ether oxygens (including phenoxy) is 2. The molecule has 0 bridgehead atoms. The Hall–Kier alpha value is -4.05. The first-order valence-corrected chi connectivity index (χ1v) is 9.98. The van der Waals surface area contributed by atoms with Crippen LogP contribution in [0.5, 0.6) is 5.75 Å². The van der Waals surface area contributed by atoms with Gasteiger partial charge >= 0.3 is 12.1 Å². The molecule has 1 fully saturated rings. The van der Waals surface area contributed by atoms with Gasteiger partial charge in [-0.3, -0.25) is 0 Å². The van der Waals surface area contributed by atoms with E-state index in [2.05, 4.69) is 20.9 Å². The van der Waals surface area contributed by atoms with Crippen molar-refractivity contribution in [2.45, 2.75) is 19.1 Å². The Morgan fingerprint density at radius 2 is 2.00 bits per heavy atom. The van der Waals surface area contributed by atoms with Gasteiger partial charge in [-0.1, -0.05) is 12.1 Å². The van der Waals surface area contributed by atoms with Crippen molar-refractivity contribution in [3.05, 3.63) is 60.6 Å². The van der Waals surface area contributed by atoms with Gasteiger partial charge in [-0.25, -0.2) is 14.6 Å². The van der Waals surface area contributed by atoms with Gasteiger partial charge in [0.05, 0.1) is 25.0 Å². The predicted octanol–water partition coefficient (Wildman–Crippen LogP) is 3.71. The third kappa shape index (κ3) is 5.55. The van der Waals surface area contributed by atoms with Crippen molar-refractivity contribution in [3.63, 3.8) is 0 Å². The molecule has 10 nitrogen and oxygen atoms in total. The normalized spacial score (nSPS) is 15.2. The van der Waals surface area contributed by atoms with Crippen LogP contribution in [0.2, 0.25) is 0 Å². The Balaban J connectivity index is 1.29. The van der Waals surface area contributed by atoms with Crippen LogP contribution < -0.4 is 16.0 Å². The molecule has 4 N–H and O–H groups in total. The van der Waals surface area contributed by atoms with Crippen LogP contribution in [0.1, 0.15) is 12.0 Å². The van der Waals surface area contributed by atoms with Gasteiger partial charge in [-0.2, -0.15) is 0 Å². The van der Waals surface area contributed by atoms with Crippen molar-refractivity contribution < 1.29 is 28.6 Å². The summed E-state index contributed by atoms with van der Waals surface area (Å²) in [6.45, 7) is 1.27. The molecule has 1 saturated heterocycles. The Kier molecular flexibility index (Phi) is 6.52. The smallest absolute Gasteiger partial charge is 0.407 e. The van der Waals surface area contributed by atoms with Crippen LogP contribution in [0.15, 0.2) is 59.5 Å². The molecule has 0 saturated carbocycles. The van der Waals surface area contributed by atoms with Crippen molar-refractivity contribution in [2.75, 3.05) is 23.8 Å². The molecule has 0 spiro atoms. The van der Waals surface area contributed by atoms with Crippen molar-refractivity contribution in [1.82, 2.24) is 10.3 Å². The second-order valence-corrected chi connectivity index (χ2v) is 7.12. The van der Waals surface area contributed by atoms with E-state index < -0.39 is 12.1 Å². The fourth-order valence-electron chi connectivity index (χ4n) is 3.19. The zero-order chi connectivity index (χ0) is 22.3. The summed E-state index contributed by atoms with van der Waals surface area (Å²) in [6.07, 6.45) is 2.73. The molecule has 32 heavy (non-hydrogen) atoms. The molecular formula is C22H22N4O6. The SMILES string of the molecule is O=C(Nc1cccc(CNC(=O)OC2CCOC2)c1)Nc1ccc(-c2cnco2)c(O)c1. The summed E-state index contributed by atoms with van der Waals surface area (Å²) in [6, 6.07) is 11.2. The lowest BCUT2D eigenvalue weighted by Gasteiger charge is -2.12. The van der Waals surface area contributed by atoms with Gasteiger partial charge in [-0.05, 0) is 29.8 Å². The quantitative estimate of drug-likeness (QED) is 0.461. The molecule has 3 aromatic rings. The highest BCUT2D eigenvalue weighted by Crippen LogP contribution is 2.31. The number of hydrogen-bond acceptors (Lipinski definition) is 7. The lowest BCUT2D eigenvalue weighted by atomic mass is 10.1. The van der Waals surface area contributed by atoms with E-state index in [1.54, 1.807) is 30.3 Å². The van der Waals surface area contributed by atoms with E-state index in [0.717, 1.165) is 5.56 Å². The maximum Gasteiger partial charge on any atom is 0.407 e.